The molecule has 6 nitrogen and oxygen atoms in total. The lowest BCUT2D eigenvalue weighted by Gasteiger charge is -2.45. The van der Waals surface area contributed by atoms with Crippen molar-refractivity contribution in [3.05, 3.63) is 30.1 Å². The first kappa shape index (κ1) is 22.3. The molecule has 4 heterocycles. The Morgan fingerprint density at radius 3 is 2.42 bits per heavy atom. The Hall–Kier alpha value is -1.95. The van der Waals surface area contributed by atoms with Crippen molar-refractivity contribution in [1.82, 2.24) is 19.7 Å². The van der Waals surface area contributed by atoms with E-state index in [2.05, 4.69) is 41.6 Å². The van der Waals surface area contributed by atoms with E-state index in [1.165, 1.54) is 5.56 Å². The summed E-state index contributed by atoms with van der Waals surface area (Å²) in [4.78, 5) is 37.1. The van der Waals surface area contributed by atoms with Gasteiger partial charge >= 0.3 is 0 Å². The summed E-state index contributed by atoms with van der Waals surface area (Å²) >= 11 is 0. The molecule has 31 heavy (non-hydrogen) atoms. The van der Waals surface area contributed by atoms with Crippen LogP contribution in [-0.2, 0) is 16.1 Å². The lowest BCUT2D eigenvalue weighted by atomic mass is 9.71. The van der Waals surface area contributed by atoms with Crippen LogP contribution < -0.4 is 0 Å². The Labute approximate surface area is 187 Å². The Kier molecular flexibility index (Phi) is 6.38. The smallest absolute Gasteiger partial charge is 0.229 e. The number of carbonyl (C=O) groups excluding carboxylic acids is 2. The third-order valence-electron chi connectivity index (χ3n) is 7.83. The molecule has 3 aliphatic rings. The van der Waals surface area contributed by atoms with E-state index in [0.717, 1.165) is 71.4 Å². The molecule has 4 rings (SSSR count). The summed E-state index contributed by atoms with van der Waals surface area (Å²) in [5.74, 6) is 1.04. The van der Waals surface area contributed by atoms with E-state index in [4.69, 9.17) is 0 Å². The van der Waals surface area contributed by atoms with Gasteiger partial charge in [0.25, 0.3) is 0 Å². The highest BCUT2D eigenvalue weighted by molar-refractivity contribution is 5.86. The highest BCUT2D eigenvalue weighted by Gasteiger charge is 2.59. The largest absolute Gasteiger partial charge is 0.343 e. The van der Waals surface area contributed by atoms with E-state index in [1.807, 2.05) is 23.4 Å². The molecule has 0 atom stereocenters. The molecule has 0 unspecified atom stereocenters. The Morgan fingerprint density at radius 2 is 1.84 bits per heavy atom. The Morgan fingerprint density at radius 1 is 1.13 bits per heavy atom. The average molecular weight is 427 g/mol. The summed E-state index contributed by atoms with van der Waals surface area (Å²) < 4.78 is 0. The minimum Gasteiger partial charge on any atom is -0.343 e. The molecule has 6 heteroatoms. The lowest BCUT2D eigenvalue weighted by Crippen LogP contribution is -2.54. The van der Waals surface area contributed by atoms with Crippen LogP contribution in [0, 0.1) is 11.3 Å². The van der Waals surface area contributed by atoms with Gasteiger partial charge in [0.05, 0.1) is 5.41 Å². The molecule has 3 saturated heterocycles. The summed E-state index contributed by atoms with van der Waals surface area (Å²) in [6, 6.07) is 4.11. The fraction of sp³-hybridized carbons (Fsp3) is 0.720. The van der Waals surface area contributed by atoms with Gasteiger partial charge in [-0.2, -0.15) is 0 Å². The highest BCUT2D eigenvalue weighted by atomic mass is 16.2. The second-order valence-electron chi connectivity index (χ2n) is 10.3. The third kappa shape index (κ3) is 4.36. The summed E-state index contributed by atoms with van der Waals surface area (Å²) in [7, 11) is 0. The topological polar surface area (TPSA) is 56.8 Å². The summed E-state index contributed by atoms with van der Waals surface area (Å²) in [6.45, 7) is 11.5. The van der Waals surface area contributed by atoms with Gasteiger partial charge in [-0.1, -0.05) is 19.9 Å². The van der Waals surface area contributed by atoms with Gasteiger partial charge in [0.2, 0.25) is 11.8 Å². The molecule has 0 bridgehead atoms. The van der Waals surface area contributed by atoms with E-state index in [0.29, 0.717) is 18.2 Å². The van der Waals surface area contributed by atoms with Crippen LogP contribution in [0.15, 0.2) is 24.5 Å². The number of carbonyl (C=O) groups is 2. The number of aromatic nitrogens is 1. The van der Waals surface area contributed by atoms with E-state index in [-0.39, 0.29) is 16.9 Å². The zero-order valence-electron chi connectivity index (χ0n) is 19.5. The molecule has 3 aliphatic heterocycles. The number of nitrogens with zero attached hydrogens (tertiary/aromatic N) is 4. The van der Waals surface area contributed by atoms with Crippen molar-refractivity contribution in [2.75, 3.05) is 32.7 Å². The normalized spacial score (nSPS) is 23.3. The molecule has 0 aliphatic carbocycles. The van der Waals surface area contributed by atoms with Crippen LogP contribution in [0.25, 0.3) is 0 Å². The molecule has 0 N–H and O–H groups in total. The maximum Gasteiger partial charge on any atom is 0.229 e. The standard InChI is InChI=1S/C25H38N4O2/c1-4-29-23(31)24(7-12-27(13-8-24)18-21-6-5-11-26-17-21)19-25(29)9-14-28(15-10-25)22(30)16-20(2)3/h5-6,11,17,20H,4,7-10,12-16,18-19H2,1-3H3. The molecule has 1 aromatic rings. The first-order valence-electron chi connectivity index (χ1n) is 12.1. The highest BCUT2D eigenvalue weighted by Crippen LogP contribution is 2.52. The number of likely N-dealkylation sites (tertiary alicyclic amines) is 3. The van der Waals surface area contributed by atoms with Crippen molar-refractivity contribution in [2.45, 2.75) is 71.4 Å². The molecule has 1 aromatic heterocycles. The molecule has 0 saturated carbocycles. The van der Waals surface area contributed by atoms with E-state index in [9.17, 15) is 9.59 Å². The Balaban J connectivity index is 1.40. The molecule has 3 fully saturated rings. The second-order valence-corrected chi connectivity index (χ2v) is 10.3. The molecule has 2 amide bonds. The first-order valence-corrected chi connectivity index (χ1v) is 12.1. The fourth-order valence-electron chi connectivity index (χ4n) is 6.16. The minimum atomic E-state index is -0.203. The van der Waals surface area contributed by atoms with Crippen molar-refractivity contribution in [1.29, 1.82) is 0 Å². The van der Waals surface area contributed by atoms with Crippen LogP contribution in [0.1, 0.15) is 64.9 Å². The van der Waals surface area contributed by atoms with Crippen molar-refractivity contribution in [3.63, 3.8) is 0 Å². The zero-order chi connectivity index (χ0) is 22.1. The Bertz CT molecular complexity index is 778. The number of rotatable bonds is 5. The maximum absolute atomic E-state index is 13.6. The molecule has 0 aromatic carbocycles. The van der Waals surface area contributed by atoms with E-state index >= 15 is 0 Å². The maximum atomic E-state index is 13.6. The summed E-state index contributed by atoms with van der Waals surface area (Å²) in [5.41, 5.74) is 0.985. The van der Waals surface area contributed by atoms with Crippen LogP contribution in [-0.4, -0.2) is 69.8 Å². The molecular weight excluding hydrogens is 388 g/mol. The summed E-state index contributed by atoms with van der Waals surface area (Å²) in [5, 5.41) is 0. The molecule has 170 valence electrons. The van der Waals surface area contributed by atoms with Gasteiger partial charge in [0.15, 0.2) is 0 Å². The van der Waals surface area contributed by atoms with Crippen LogP contribution in [0.3, 0.4) is 0 Å². The van der Waals surface area contributed by atoms with Gasteiger partial charge in [-0.15, -0.1) is 0 Å². The van der Waals surface area contributed by atoms with Crippen molar-refractivity contribution in [2.24, 2.45) is 11.3 Å². The van der Waals surface area contributed by atoms with Gasteiger partial charge < -0.3 is 9.80 Å². The van der Waals surface area contributed by atoms with Crippen molar-refractivity contribution >= 4 is 11.8 Å². The average Bonchev–Trinajstić information content (AvgIpc) is 2.97. The second kappa shape index (κ2) is 8.89. The van der Waals surface area contributed by atoms with E-state index < -0.39 is 0 Å². The first-order chi connectivity index (χ1) is 14.9. The quantitative estimate of drug-likeness (QED) is 0.725. The van der Waals surface area contributed by atoms with Crippen molar-refractivity contribution < 1.29 is 9.59 Å². The SMILES string of the molecule is CCN1C(=O)C2(CCN(Cc3cccnc3)CC2)CC12CCN(C(=O)CC(C)C)CC2. The van der Waals surface area contributed by atoms with Crippen molar-refractivity contribution in [3.8, 4) is 0 Å². The van der Waals surface area contributed by atoms with Gasteiger partial charge in [-0.05, 0) is 69.7 Å². The number of hydrogen-bond donors (Lipinski definition) is 0. The van der Waals surface area contributed by atoms with Crippen LogP contribution in [0.4, 0.5) is 0 Å². The molecule has 0 radical (unpaired) electrons. The van der Waals surface area contributed by atoms with Gasteiger partial charge in [-0.3, -0.25) is 19.5 Å². The van der Waals surface area contributed by atoms with Gasteiger partial charge in [-0.25, -0.2) is 0 Å². The molecule has 2 spiro atoms. The minimum absolute atomic E-state index is 0.0496. The lowest BCUT2D eigenvalue weighted by molar-refractivity contribution is -0.141. The number of hydrogen-bond acceptors (Lipinski definition) is 4. The monoisotopic (exact) mass is 426 g/mol. The van der Waals surface area contributed by atoms with Crippen LogP contribution >= 0.6 is 0 Å². The predicted octanol–water partition coefficient (Wildman–Crippen LogP) is 3.32. The van der Waals surface area contributed by atoms with Crippen LogP contribution in [0.5, 0.6) is 0 Å². The van der Waals surface area contributed by atoms with Crippen LogP contribution in [0.2, 0.25) is 0 Å². The predicted molar refractivity (Wildman–Crippen MR) is 121 cm³/mol. The van der Waals surface area contributed by atoms with Gasteiger partial charge in [0.1, 0.15) is 0 Å². The third-order valence-corrected chi connectivity index (χ3v) is 7.83. The van der Waals surface area contributed by atoms with E-state index in [1.54, 1.807) is 0 Å². The summed E-state index contributed by atoms with van der Waals surface area (Å²) in [6.07, 6.45) is 9.09. The number of piperidine rings is 2. The molecular formula is C25H38N4O2. The number of pyridine rings is 1. The number of amides is 2. The fourth-order valence-corrected chi connectivity index (χ4v) is 6.16. The van der Waals surface area contributed by atoms with Gasteiger partial charge in [0, 0.05) is 50.5 Å². The zero-order valence-corrected chi connectivity index (χ0v) is 19.5.